The van der Waals surface area contributed by atoms with Crippen LogP contribution in [-0.4, -0.2) is 16.1 Å². The molecule has 1 amide bonds. The van der Waals surface area contributed by atoms with Gasteiger partial charge in [0.15, 0.2) is 0 Å². The van der Waals surface area contributed by atoms with Gasteiger partial charge in [-0.05, 0) is 18.6 Å². The lowest BCUT2D eigenvalue weighted by Gasteiger charge is -2.06. The Morgan fingerprint density at radius 1 is 1.60 bits per heavy atom. The maximum absolute atomic E-state index is 10.6. The number of nitro benzene ring substituents is 1. The summed E-state index contributed by atoms with van der Waals surface area (Å²) < 4.78 is 0. The summed E-state index contributed by atoms with van der Waals surface area (Å²) >= 11 is 0. The molecular formula is C8H9N3O4. The highest BCUT2D eigenvalue weighted by atomic mass is 16.6. The number of nitrogen functional groups attached to an aromatic ring is 1. The second-order valence-corrected chi connectivity index (χ2v) is 2.92. The molecule has 0 aliphatic carbocycles. The van der Waals surface area contributed by atoms with E-state index in [0.717, 1.165) is 6.07 Å². The van der Waals surface area contributed by atoms with Gasteiger partial charge in [-0.25, -0.2) is 4.79 Å². The van der Waals surface area contributed by atoms with Crippen molar-refractivity contribution < 1.29 is 14.8 Å². The quantitative estimate of drug-likeness (QED) is 0.389. The Morgan fingerprint density at radius 2 is 2.20 bits per heavy atom. The molecule has 4 N–H and O–H groups in total. The molecule has 0 radical (unpaired) electrons. The molecular weight excluding hydrogens is 202 g/mol. The Hall–Kier alpha value is -2.31. The monoisotopic (exact) mass is 211 g/mol. The van der Waals surface area contributed by atoms with Crippen molar-refractivity contribution in [2.45, 2.75) is 6.92 Å². The molecule has 0 unspecified atom stereocenters. The van der Waals surface area contributed by atoms with E-state index >= 15 is 0 Å². The van der Waals surface area contributed by atoms with Crippen molar-refractivity contribution >= 4 is 23.2 Å². The molecule has 1 rings (SSSR count). The fourth-order valence-electron chi connectivity index (χ4n) is 1.21. The van der Waals surface area contributed by atoms with Crippen molar-refractivity contribution in [2.24, 2.45) is 0 Å². The first kappa shape index (κ1) is 10.8. The SMILES string of the molecule is Cc1cc(N)cc([N+](=O)[O-])c1NC(=O)O. The van der Waals surface area contributed by atoms with E-state index in [1.807, 2.05) is 5.32 Å². The predicted molar refractivity (Wildman–Crippen MR) is 53.9 cm³/mol. The minimum Gasteiger partial charge on any atom is -0.465 e. The lowest BCUT2D eigenvalue weighted by molar-refractivity contribution is -0.383. The van der Waals surface area contributed by atoms with Crippen LogP contribution >= 0.6 is 0 Å². The minimum absolute atomic E-state index is 0.0540. The van der Waals surface area contributed by atoms with Crippen molar-refractivity contribution in [3.63, 3.8) is 0 Å². The van der Waals surface area contributed by atoms with E-state index in [0.29, 0.717) is 5.56 Å². The van der Waals surface area contributed by atoms with Crippen LogP contribution in [0.4, 0.5) is 21.9 Å². The summed E-state index contributed by atoms with van der Waals surface area (Å²) in [6, 6.07) is 2.57. The van der Waals surface area contributed by atoms with Crippen molar-refractivity contribution in [1.82, 2.24) is 0 Å². The number of nitrogens with two attached hydrogens (primary N) is 1. The largest absolute Gasteiger partial charge is 0.465 e. The normalized spacial score (nSPS) is 9.67. The van der Waals surface area contributed by atoms with Gasteiger partial charge in [-0.3, -0.25) is 15.4 Å². The first-order chi connectivity index (χ1) is 6.91. The van der Waals surface area contributed by atoms with Gasteiger partial charge in [-0.2, -0.15) is 0 Å². The summed E-state index contributed by atoms with van der Waals surface area (Å²) in [6.45, 7) is 1.54. The fraction of sp³-hybridized carbons (Fsp3) is 0.125. The average molecular weight is 211 g/mol. The fourth-order valence-corrected chi connectivity index (χ4v) is 1.21. The molecule has 0 atom stereocenters. The van der Waals surface area contributed by atoms with Crippen LogP contribution in [0.5, 0.6) is 0 Å². The summed E-state index contributed by atoms with van der Waals surface area (Å²) in [4.78, 5) is 20.4. The van der Waals surface area contributed by atoms with Gasteiger partial charge in [0.25, 0.3) is 5.69 Å². The van der Waals surface area contributed by atoms with E-state index in [4.69, 9.17) is 10.8 Å². The molecule has 7 heteroatoms. The van der Waals surface area contributed by atoms with Crippen LogP contribution in [0.3, 0.4) is 0 Å². The van der Waals surface area contributed by atoms with Gasteiger partial charge in [0.2, 0.25) is 0 Å². The van der Waals surface area contributed by atoms with E-state index in [2.05, 4.69) is 0 Å². The third kappa shape index (κ3) is 2.33. The topological polar surface area (TPSA) is 118 Å². The van der Waals surface area contributed by atoms with E-state index < -0.39 is 11.0 Å². The number of anilines is 2. The van der Waals surface area contributed by atoms with Crippen LogP contribution < -0.4 is 11.1 Å². The number of benzene rings is 1. The molecule has 15 heavy (non-hydrogen) atoms. The van der Waals surface area contributed by atoms with Gasteiger partial charge >= 0.3 is 6.09 Å². The summed E-state index contributed by atoms with van der Waals surface area (Å²) in [5.41, 5.74) is 5.64. The highest BCUT2D eigenvalue weighted by Gasteiger charge is 2.18. The zero-order valence-corrected chi connectivity index (χ0v) is 7.85. The van der Waals surface area contributed by atoms with Gasteiger partial charge < -0.3 is 10.8 Å². The van der Waals surface area contributed by atoms with Gasteiger partial charge in [0.05, 0.1) is 4.92 Å². The number of hydrogen-bond donors (Lipinski definition) is 3. The van der Waals surface area contributed by atoms with E-state index in [-0.39, 0.29) is 17.1 Å². The Kier molecular flexibility index (Phi) is 2.75. The molecule has 7 nitrogen and oxygen atoms in total. The van der Waals surface area contributed by atoms with Gasteiger partial charge in [-0.15, -0.1) is 0 Å². The summed E-state index contributed by atoms with van der Waals surface area (Å²) in [5, 5.41) is 21.1. The Bertz CT molecular complexity index is 430. The highest BCUT2D eigenvalue weighted by Crippen LogP contribution is 2.30. The Labute approximate surface area is 84.7 Å². The average Bonchev–Trinajstić information content (AvgIpc) is 2.08. The van der Waals surface area contributed by atoms with Crippen LogP contribution in [0.1, 0.15) is 5.56 Å². The van der Waals surface area contributed by atoms with Crippen LogP contribution in [0.2, 0.25) is 0 Å². The smallest absolute Gasteiger partial charge is 0.409 e. The molecule has 0 saturated carbocycles. The zero-order chi connectivity index (χ0) is 11.6. The molecule has 1 aromatic carbocycles. The zero-order valence-electron chi connectivity index (χ0n) is 7.85. The number of hydrogen-bond acceptors (Lipinski definition) is 4. The Morgan fingerprint density at radius 3 is 2.67 bits per heavy atom. The van der Waals surface area contributed by atoms with Crippen LogP contribution in [0.15, 0.2) is 12.1 Å². The first-order valence-corrected chi connectivity index (χ1v) is 3.96. The first-order valence-electron chi connectivity index (χ1n) is 3.96. The number of nitrogens with zero attached hydrogens (tertiary/aromatic N) is 1. The van der Waals surface area contributed by atoms with Crippen LogP contribution in [-0.2, 0) is 0 Å². The van der Waals surface area contributed by atoms with Crippen LogP contribution in [0.25, 0.3) is 0 Å². The molecule has 1 aromatic rings. The van der Waals surface area contributed by atoms with Crippen molar-refractivity contribution in [2.75, 3.05) is 11.1 Å². The summed E-state index contributed by atoms with van der Waals surface area (Å²) in [7, 11) is 0. The number of amides is 1. The second-order valence-electron chi connectivity index (χ2n) is 2.92. The second kappa shape index (κ2) is 3.82. The number of aryl methyl sites for hydroxylation is 1. The number of nitro groups is 1. The van der Waals surface area contributed by atoms with E-state index in [1.54, 1.807) is 0 Å². The molecule has 0 aromatic heterocycles. The number of nitrogens with one attached hydrogen (secondary N) is 1. The molecule has 0 fully saturated rings. The number of rotatable bonds is 2. The third-order valence-corrected chi connectivity index (χ3v) is 1.77. The molecule has 0 saturated heterocycles. The molecule has 0 spiro atoms. The van der Waals surface area contributed by atoms with Crippen molar-refractivity contribution in [3.8, 4) is 0 Å². The lowest BCUT2D eigenvalue weighted by atomic mass is 10.1. The minimum atomic E-state index is -1.36. The van der Waals surface area contributed by atoms with Crippen LogP contribution in [0, 0.1) is 17.0 Å². The molecule has 80 valence electrons. The van der Waals surface area contributed by atoms with E-state index in [1.165, 1.54) is 13.0 Å². The standard InChI is InChI=1S/C8H9N3O4/c1-4-2-5(9)3-6(11(14)15)7(4)10-8(12)13/h2-3,10H,9H2,1H3,(H,12,13). The highest BCUT2D eigenvalue weighted by molar-refractivity contribution is 5.88. The molecule has 0 heterocycles. The number of carboxylic acid groups (broad SMARTS) is 1. The lowest BCUT2D eigenvalue weighted by Crippen LogP contribution is -2.11. The number of carbonyl (C=O) groups is 1. The van der Waals surface area contributed by atoms with Gasteiger partial charge in [-0.1, -0.05) is 0 Å². The van der Waals surface area contributed by atoms with Crippen molar-refractivity contribution in [1.29, 1.82) is 0 Å². The third-order valence-electron chi connectivity index (χ3n) is 1.77. The maximum Gasteiger partial charge on any atom is 0.409 e. The molecule has 0 bridgehead atoms. The Balaban J connectivity index is 3.33. The maximum atomic E-state index is 10.6. The summed E-state index contributed by atoms with van der Waals surface area (Å²) in [5.74, 6) is 0. The molecule has 0 aliphatic rings. The van der Waals surface area contributed by atoms with Crippen molar-refractivity contribution in [3.05, 3.63) is 27.8 Å². The van der Waals surface area contributed by atoms with Gasteiger partial charge in [0, 0.05) is 11.8 Å². The molecule has 0 aliphatic heterocycles. The van der Waals surface area contributed by atoms with Gasteiger partial charge in [0.1, 0.15) is 5.69 Å². The summed E-state index contributed by atoms with van der Waals surface area (Å²) in [6.07, 6.45) is -1.36. The predicted octanol–water partition coefficient (Wildman–Crippen LogP) is 1.58. The van der Waals surface area contributed by atoms with E-state index in [9.17, 15) is 14.9 Å².